The zero-order chi connectivity index (χ0) is 16.2. The van der Waals surface area contributed by atoms with Crippen LogP contribution >= 0.6 is 11.5 Å². The van der Waals surface area contributed by atoms with E-state index < -0.39 is 0 Å². The Morgan fingerprint density at radius 3 is 2.96 bits per heavy atom. The number of hydrogen-bond acceptors (Lipinski definition) is 6. The normalized spacial score (nSPS) is 10.7. The zero-order valence-electron chi connectivity index (χ0n) is 12.9. The quantitative estimate of drug-likeness (QED) is 0.773. The highest BCUT2D eigenvalue weighted by atomic mass is 32.1. The number of nitrogens with zero attached hydrogens (tertiary/aromatic N) is 5. The van der Waals surface area contributed by atoms with Gasteiger partial charge in [0.2, 0.25) is 0 Å². The van der Waals surface area contributed by atoms with E-state index in [2.05, 4.69) is 24.9 Å². The summed E-state index contributed by atoms with van der Waals surface area (Å²) in [4.78, 5) is 21.3. The highest BCUT2D eigenvalue weighted by Crippen LogP contribution is 2.12. The van der Waals surface area contributed by atoms with Crippen molar-refractivity contribution in [1.82, 2.24) is 29.4 Å². The van der Waals surface area contributed by atoms with Gasteiger partial charge in [0.05, 0.1) is 5.69 Å². The number of imidazole rings is 1. The van der Waals surface area contributed by atoms with Crippen LogP contribution in [0, 0.1) is 6.92 Å². The summed E-state index contributed by atoms with van der Waals surface area (Å²) in [5, 5.41) is 6.86. The summed E-state index contributed by atoms with van der Waals surface area (Å²) in [5.41, 5.74) is 1.70. The minimum atomic E-state index is -0.144. The molecule has 3 aromatic rings. The average Bonchev–Trinajstić information content (AvgIpc) is 3.21. The second-order valence-corrected chi connectivity index (χ2v) is 5.71. The molecule has 3 heterocycles. The summed E-state index contributed by atoms with van der Waals surface area (Å²) in [6.07, 6.45) is 6.01. The van der Waals surface area contributed by atoms with Gasteiger partial charge in [0.1, 0.15) is 16.5 Å². The summed E-state index contributed by atoms with van der Waals surface area (Å²) in [5.74, 6) is 1.50. The number of rotatable bonds is 5. The van der Waals surface area contributed by atoms with Crippen molar-refractivity contribution in [2.24, 2.45) is 0 Å². The first kappa shape index (κ1) is 15.3. The van der Waals surface area contributed by atoms with E-state index in [9.17, 15) is 4.79 Å². The van der Waals surface area contributed by atoms with Gasteiger partial charge in [-0.2, -0.15) is 0 Å². The van der Waals surface area contributed by atoms with E-state index in [4.69, 9.17) is 0 Å². The van der Waals surface area contributed by atoms with Gasteiger partial charge in [0.15, 0.2) is 0 Å². The molecule has 3 rings (SSSR count). The Hall–Kier alpha value is -2.61. The maximum Gasteiger partial charge on any atom is 0.265 e. The number of nitrogens with one attached hydrogen (secondary N) is 1. The molecule has 1 amide bonds. The van der Waals surface area contributed by atoms with Gasteiger partial charge in [-0.05, 0) is 42.6 Å². The van der Waals surface area contributed by atoms with Crippen LogP contribution in [0.1, 0.15) is 33.7 Å². The number of pyridine rings is 1. The van der Waals surface area contributed by atoms with Gasteiger partial charge in [0.25, 0.3) is 5.91 Å². The standard InChI is InChI=1S/C15H16N6OS/c1-3-12-14(23-20-19-12)15(22)18-9-11-4-5-17-13(8-11)21-7-6-16-10(21)2/h4-8H,3,9H2,1-2H3,(H,18,22). The first-order valence-corrected chi connectivity index (χ1v) is 8.01. The lowest BCUT2D eigenvalue weighted by atomic mass is 10.2. The maximum atomic E-state index is 12.2. The molecule has 23 heavy (non-hydrogen) atoms. The number of aromatic nitrogens is 5. The molecular weight excluding hydrogens is 312 g/mol. The van der Waals surface area contributed by atoms with Crippen LogP contribution in [0.3, 0.4) is 0 Å². The SMILES string of the molecule is CCc1nnsc1C(=O)NCc1ccnc(-n2ccnc2C)c1. The third-order valence-corrected chi connectivity index (χ3v) is 4.20. The van der Waals surface area contributed by atoms with E-state index in [0.717, 1.165) is 34.4 Å². The summed E-state index contributed by atoms with van der Waals surface area (Å²) in [7, 11) is 0. The number of aryl methyl sites for hydroxylation is 2. The molecule has 0 atom stereocenters. The van der Waals surface area contributed by atoms with E-state index in [1.165, 1.54) is 0 Å². The minimum Gasteiger partial charge on any atom is -0.347 e. The Balaban J connectivity index is 1.72. The molecule has 0 aliphatic carbocycles. The largest absolute Gasteiger partial charge is 0.347 e. The van der Waals surface area contributed by atoms with E-state index >= 15 is 0 Å². The van der Waals surface area contributed by atoms with Gasteiger partial charge >= 0.3 is 0 Å². The van der Waals surface area contributed by atoms with Crippen molar-refractivity contribution in [2.75, 3.05) is 0 Å². The van der Waals surface area contributed by atoms with E-state index in [0.29, 0.717) is 17.8 Å². The van der Waals surface area contributed by atoms with Crippen LogP contribution in [0.2, 0.25) is 0 Å². The van der Waals surface area contributed by atoms with E-state index in [1.54, 1.807) is 12.4 Å². The van der Waals surface area contributed by atoms with Crippen LogP contribution < -0.4 is 5.32 Å². The molecule has 8 heteroatoms. The predicted octanol–water partition coefficient (Wildman–Crippen LogP) is 1.92. The lowest BCUT2D eigenvalue weighted by Crippen LogP contribution is -2.23. The molecule has 0 saturated carbocycles. The van der Waals surface area contributed by atoms with Gasteiger partial charge in [-0.15, -0.1) is 5.10 Å². The Morgan fingerprint density at radius 1 is 1.35 bits per heavy atom. The minimum absolute atomic E-state index is 0.144. The molecule has 0 aliphatic heterocycles. The van der Waals surface area contributed by atoms with Crippen molar-refractivity contribution in [3.8, 4) is 5.82 Å². The molecule has 3 aromatic heterocycles. The molecule has 0 fully saturated rings. The number of carbonyl (C=O) groups excluding carboxylic acids is 1. The zero-order valence-corrected chi connectivity index (χ0v) is 13.7. The van der Waals surface area contributed by atoms with Gasteiger partial charge in [-0.3, -0.25) is 9.36 Å². The molecule has 0 radical (unpaired) electrons. The van der Waals surface area contributed by atoms with Crippen molar-refractivity contribution < 1.29 is 4.79 Å². The molecule has 0 aromatic carbocycles. The van der Waals surface area contributed by atoms with Crippen molar-refractivity contribution in [1.29, 1.82) is 0 Å². The molecule has 0 saturated heterocycles. The van der Waals surface area contributed by atoms with Gasteiger partial charge in [-0.25, -0.2) is 9.97 Å². The Kier molecular flexibility index (Phi) is 4.42. The van der Waals surface area contributed by atoms with Gasteiger partial charge < -0.3 is 5.32 Å². The molecule has 118 valence electrons. The first-order valence-electron chi connectivity index (χ1n) is 7.23. The monoisotopic (exact) mass is 328 g/mol. The molecular formula is C15H16N6OS. The molecule has 0 aliphatic rings. The number of carbonyl (C=O) groups is 1. The predicted molar refractivity (Wildman–Crippen MR) is 86.6 cm³/mol. The molecule has 0 unspecified atom stereocenters. The lowest BCUT2D eigenvalue weighted by Gasteiger charge is -2.08. The molecule has 7 nitrogen and oxygen atoms in total. The topological polar surface area (TPSA) is 85.6 Å². The summed E-state index contributed by atoms with van der Waals surface area (Å²) >= 11 is 1.12. The maximum absolute atomic E-state index is 12.2. The van der Waals surface area contributed by atoms with Crippen molar-refractivity contribution in [3.05, 3.63) is 52.7 Å². The summed E-state index contributed by atoms with van der Waals surface area (Å²) < 4.78 is 5.73. The third-order valence-electron chi connectivity index (χ3n) is 3.43. The van der Waals surface area contributed by atoms with Crippen LogP contribution in [0.25, 0.3) is 5.82 Å². The fraction of sp³-hybridized carbons (Fsp3) is 0.267. The average molecular weight is 328 g/mol. The Morgan fingerprint density at radius 2 is 2.22 bits per heavy atom. The molecule has 0 bridgehead atoms. The highest BCUT2D eigenvalue weighted by Gasteiger charge is 2.14. The van der Waals surface area contributed by atoms with Crippen LogP contribution in [0.5, 0.6) is 0 Å². The summed E-state index contributed by atoms with van der Waals surface area (Å²) in [6.45, 7) is 4.29. The van der Waals surface area contributed by atoms with Crippen LogP contribution in [0.4, 0.5) is 0 Å². The van der Waals surface area contributed by atoms with Gasteiger partial charge in [0, 0.05) is 25.1 Å². The highest BCUT2D eigenvalue weighted by molar-refractivity contribution is 7.08. The number of amides is 1. The van der Waals surface area contributed by atoms with Crippen molar-refractivity contribution in [3.63, 3.8) is 0 Å². The van der Waals surface area contributed by atoms with Crippen LogP contribution in [0.15, 0.2) is 30.7 Å². The third kappa shape index (κ3) is 3.26. The van der Waals surface area contributed by atoms with Crippen molar-refractivity contribution in [2.45, 2.75) is 26.8 Å². The molecule has 0 spiro atoms. The fourth-order valence-electron chi connectivity index (χ4n) is 2.20. The smallest absolute Gasteiger partial charge is 0.265 e. The van der Waals surface area contributed by atoms with Crippen molar-refractivity contribution >= 4 is 17.4 Å². The fourth-order valence-corrected chi connectivity index (χ4v) is 2.86. The van der Waals surface area contributed by atoms with Crippen LogP contribution in [-0.4, -0.2) is 30.0 Å². The lowest BCUT2D eigenvalue weighted by molar-refractivity contribution is 0.0954. The first-order chi connectivity index (χ1) is 11.2. The Labute approximate surface area is 137 Å². The Bertz CT molecular complexity index is 825. The van der Waals surface area contributed by atoms with E-state index in [-0.39, 0.29) is 5.91 Å². The summed E-state index contributed by atoms with van der Waals surface area (Å²) in [6, 6.07) is 3.81. The van der Waals surface area contributed by atoms with Crippen LogP contribution in [-0.2, 0) is 13.0 Å². The van der Waals surface area contributed by atoms with E-state index in [1.807, 2.05) is 36.7 Å². The second kappa shape index (κ2) is 6.66. The number of hydrogen-bond donors (Lipinski definition) is 1. The van der Waals surface area contributed by atoms with Gasteiger partial charge in [-0.1, -0.05) is 11.4 Å². The second-order valence-electron chi connectivity index (χ2n) is 4.95. The molecule has 1 N–H and O–H groups in total.